The van der Waals surface area contributed by atoms with Crippen LogP contribution in [0.4, 0.5) is 0 Å². The summed E-state index contributed by atoms with van der Waals surface area (Å²) in [7, 11) is -4.44. The average Bonchev–Trinajstić information content (AvgIpc) is 2.94. The number of esters is 1. The molecule has 31 heteroatoms. The quantitative estimate of drug-likeness (QED) is 0.0420. The number of rotatable bonds is 58. The summed E-state index contributed by atoms with van der Waals surface area (Å²) in [5.74, 6) is 6.98. The molecule has 0 amide bonds. The zero-order chi connectivity index (χ0) is 65.4. The summed E-state index contributed by atoms with van der Waals surface area (Å²) < 4.78 is 90.0. The summed E-state index contributed by atoms with van der Waals surface area (Å²) >= 11 is 24.1. The van der Waals surface area contributed by atoms with E-state index in [0.717, 1.165) is 24.9 Å². The third-order valence-electron chi connectivity index (χ3n) is 9.65. The van der Waals surface area contributed by atoms with Gasteiger partial charge < -0.3 is 63.5 Å². The zero-order valence-corrected chi connectivity index (χ0v) is 70.1. The molecule has 0 rings (SSSR count). The summed E-state index contributed by atoms with van der Waals surface area (Å²) in [6, 6.07) is 0. The number of carbonyl (C=O) groups is 1. The van der Waals surface area contributed by atoms with E-state index in [1.54, 1.807) is 34.1 Å². The molecule has 0 fully saturated rings. The Morgan fingerprint density at radius 2 is 0.663 bits per heavy atom. The fourth-order valence-corrected chi connectivity index (χ4v) is 34.3. The molecule has 0 saturated heterocycles. The van der Waals surface area contributed by atoms with Crippen molar-refractivity contribution in [2.45, 2.75) is 202 Å². The molecule has 0 aliphatic heterocycles. The molecule has 0 aliphatic rings. The first-order valence-electron chi connectivity index (χ1n) is 30.4. The molecule has 0 bridgehead atoms. The summed E-state index contributed by atoms with van der Waals surface area (Å²) in [4.78, 5) is 12.4. The van der Waals surface area contributed by atoms with Gasteiger partial charge in [0.2, 0.25) is 41.7 Å². The molecule has 9 unspecified atom stereocenters. The molecule has 0 spiro atoms. The van der Waals surface area contributed by atoms with Crippen LogP contribution in [-0.4, -0.2) is 142 Å². The van der Waals surface area contributed by atoms with Crippen LogP contribution in [0, 0.1) is 47.3 Å². The van der Waals surface area contributed by atoms with Crippen molar-refractivity contribution in [3.63, 3.8) is 0 Å². The molecule has 0 N–H and O–H groups in total. The van der Waals surface area contributed by atoms with E-state index in [1.165, 1.54) is 41.3 Å². The van der Waals surface area contributed by atoms with Gasteiger partial charge in [-0.3, -0.25) is 4.79 Å². The lowest BCUT2D eigenvalue weighted by molar-refractivity contribution is -0.140. The van der Waals surface area contributed by atoms with Crippen molar-refractivity contribution in [3.8, 4) is 0 Å². The largest absolute Gasteiger partial charge is 0.469 e. The van der Waals surface area contributed by atoms with Gasteiger partial charge in [0.05, 0.1) is 104 Å². The fraction of sp³-hybridized carbons (Fsp3) is 0.982. The van der Waals surface area contributed by atoms with E-state index in [-0.39, 0.29) is 49.0 Å². The smallest absolute Gasteiger partial charge is 0.306 e. The fourth-order valence-electron chi connectivity index (χ4n) is 5.36. The Labute approximate surface area is 570 Å². The van der Waals surface area contributed by atoms with Gasteiger partial charge in [-0.15, -0.1) is 11.4 Å². The van der Waals surface area contributed by atoms with Crippen molar-refractivity contribution in [2.24, 2.45) is 47.3 Å². The maximum Gasteiger partial charge on any atom is 0.306 e. The molecule has 15 nitrogen and oxygen atoms in total. The molecule has 9 atom stereocenters. The molecule has 0 aliphatic carbocycles. The van der Waals surface area contributed by atoms with Crippen LogP contribution in [0.1, 0.15) is 165 Å². The molecule has 86 heavy (non-hydrogen) atoms. The van der Waals surface area contributed by atoms with E-state index in [9.17, 15) is 4.79 Å². The summed E-state index contributed by atoms with van der Waals surface area (Å²) in [5, 5.41) is 0. The maximum atomic E-state index is 12.4. The van der Waals surface area contributed by atoms with Gasteiger partial charge in [-0.05, 0) is 119 Å². The van der Waals surface area contributed by atoms with Crippen LogP contribution >= 0.6 is 129 Å². The number of hydrogen-bond acceptors (Lipinski definition) is 24. The maximum absolute atomic E-state index is 12.4. The predicted molar refractivity (Wildman–Crippen MR) is 400 cm³/mol. The molecular weight excluding hydrogens is 1410 g/mol. The Balaban J connectivity index is 6.73. The van der Waals surface area contributed by atoms with Crippen LogP contribution in [0.25, 0.3) is 0 Å². The SMILES string of the molecule is COC(=O)CCSP(OC(C)CSP(=S)(OC(C)CSP(CCC(C)C)OCC(C)C)OC(C)CSP(OCC(C)C)OCC(C)C)OC(C)CSP(=S)(OC(C)CSP(OCC(C)C)OCC(C)C)OC(C)CSP(OCC(C)C)OCC(C)C. The molecule has 0 radical (unpaired) electrons. The Hall–Kier alpha value is 4.85. The van der Waals surface area contributed by atoms with E-state index in [2.05, 4.69) is 118 Å². The Kier molecular flexibility index (Phi) is 56.8. The highest BCUT2D eigenvalue weighted by Crippen LogP contribution is 2.67. The topological polar surface area (TPSA) is 146 Å². The van der Waals surface area contributed by atoms with Crippen LogP contribution in [0.3, 0.4) is 0 Å². The second kappa shape index (κ2) is 53.8. The minimum Gasteiger partial charge on any atom is -0.469 e. The van der Waals surface area contributed by atoms with E-state index >= 15 is 0 Å². The molecule has 516 valence electrons. The lowest BCUT2D eigenvalue weighted by Crippen LogP contribution is -2.17. The van der Waals surface area contributed by atoms with Crippen molar-refractivity contribution in [1.82, 2.24) is 0 Å². The number of carbonyl (C=O) groups excluding carboxylic acids is 1. The second-order valence-electron chi connectivity index (χ2n) is 24.3. The average molecular weight is 1520 g/mol. The van der Waals surface area contributed by atoms with Gasteiger partial charge in [0.1, 0.15) is 0 Å². The number of methoxy groups -OCH3 is 1. The van der Waals surface area contributed by atoms with Crippen molar-refractivity contribution < 1.29 is 68.3 Å². The lowest BCUT2D eigenvalue weighted by atomic mass is 10.2. The Bertz CT molecular complexity index is 1520. The van der Waals surface area contributed by atoms with Gasteiger partial charge in [0.25, 0.3) is 0 Å². The molecule has 0 heterocycles. The first kappa shape index (κ1) is 90.8. The van der Waals surface area contributed by atoms with Gasteiger partial charge in [0.15, 0.2) is 0 Å². The van der Waals surface area contributed by atoms with E-state index < -0.39 is 49.0 Å². The van der Waals surface area contributed by atoms with Crippen LogP contribution in [0.5, 0.6) is 0 Å². The van der Waals surface area contributed by atoms with Crippen LogP contribution in [0.2, 0.25) is 0 Å². The number of hydrogen-bond donors (Lipinski definition) is 0. The minimum atomic E-state index is -3.01. The second-order valence-corrected chi connectivity index (χ2v) is 53.6. The third kappa shape index (κ3) is 53.8. The van der Waals surface area contributed by atoms with E-state index in [0.29, 0.717) is 122 Å². The minimum absolute atomic E-state index is 0.194. The highest BCUT2D eigenvalue weighted by molar-refractivity contribution is 8.68. The predicted octanol–water partition coefficient (Wildman–Crippen LogP) is 22.5. The van der Waals surface area contributed by atoms with Crippen molar-refractivity contribution in [2.75, 3.05) is 99.8 Å². The van der Waals surface area contributed by atoms with E-state index in [4.69, 9.17) is 87.2 Å². The number of ether oxygens (including phenoxy) is 1. The van der Waals surface area contributed by atoms with Crippen LogP contribution in [0.15, 0.2) is 0 Å². The monoisotopic (exact) mass is 1520 g/mol. The van der Waals surface area contributed by atoms with Gasteiger partial charge >= 0.3 is 5.97 Å². The Morgan fingerprint density at radius 1 is 0.372 bits per heavy atom. The van der Waals surface area contributed by atoms with E-state index in [1.807, 2.05) is 46.0 Å². The molecular formula is C55H117O15P7S9. The Morgan fingerprint density at radius 3 is 0.942 bits per heavy atom. The molecule has 0 aromatic carbocycles. The van der Waals surface area contributed by atoms with Crippen LogP contribution < -0.4 is 0 Å². The van der Waals surface area contributed by atoms with Crippen LogP contribution in [-0.2, 0) is 92.0 Å². The summed E-state index contributed by atoms with van der Waals surface area (Å²) in [6.45, 7) is 51.2. The summed E-state index contributed by atoms with van der Waals surface area (Å²) in [6.07, 6.45) is 0.698. The van der Waals surface area contributed by atoms with Crippen molar-refractivity contribution in [3.05, 3.63) is 0 Å². The standard InChI is InChI=1S/C55H117O15P7S9/c1-41(2)24-26-71(58-28-42(3)4)81-35-51(19)67-76(78,68-52(20)36-82-72(59-29-43(5)6)60-30-44(7)8)85-39-49(17)65-75(80-27-25-55(56)57-23)66-50(18)40-86-77(79,69-53(21)37-83-73(61-31-45(9)10)62-32-46(11)12)70-54(22)38-84-74(63-33-47(13)14)64-34-48(15)16/h41-54H,24-40H2,1-23H3. The van der Waals surface area contributed by atoms with Crippen molar-refractivity contribution >= 4 is 158 Å². The normalized spacial score (nSPS) is 17.0. The van der Waals surface area contributed by atoms with Gasteiger partial charge in [0, 0.05) is 46.4 Å². The zero-order valence-electron chi connectivity index (χ0n) is 56.5. The van der Waals surface area contributed by atoms with Gasteiger partial charge in [-0.2, -0.15) is 0 Å². The highest BCUT2D eigenvalue weighted by atomic mass is 32.9. The third-order valence-corrected chi connectivity index (χ3v) is 38.0. The molecule has 0 saturated carbocycles. The molecule has 0 aromatic rings. The first-order valence-corrected chi connectivity index (χ1v) is 52.9. The first-order chi connectivity index (χ1) is 40.2. The lowest BCUT2D eigenvalue weighted by Gasteiger charge is -2.31. The highest BCUT2D eigenvalue weighted by Gasteiger charge is 2.33. The van der Waals surface area contributed by atoms with Crippen molar-refractivity contribution in [1.29, 1.82) is 0 Å². The van der Waals surface area contributed by atoms with Gasteiger partial charge in [-0.25, -0.2) is 0 Å². The molecule has 0 aromatic heterocycles. The summed E-state index contributed by atoms with van der Waals surface area (Å²) in [5.41, 5.74) is -5.99. The van der Waals surface area contributed by atoms with Gasteiger partial charge in [-0.1, -0.05) is 179 Å².